The van der Waals surface area contributed by atoms with E-state index >= 15 is 0 Å². The van der Waals surface area contributed by atoms with Crippen LogP contribution in [0.1, 0.15) is 61.2 Å². The quantitative estimate of drug-likeness (QED) is 0.344. The van der Waals surface area contributed by atoms with Gasteiger partial charge in [-0.1, -0.05) is 24.3 Å². The highest BCUT2D eigenvalue weighted by Gasteiger charge is 2.30. The maximum Gasteiger partial charge on any atom is 0.192 e. The summed E-state index contributed by atoms with van der Waals surface area (Å²) in [5, 5.41) is 14.1. The van der Waals surface area contributed by atoms with Crippen LogP contribution in [-0.2, 0) is 6.42 Å². The molecule has 4 heterocycles. The van der Waals surface area contributed by atoms with Crippen LogP contribution in [0.5, 0.6) is 0 Å². The third-order valence-corrected chi connectivity index (χ3v) is 8.10. The number of nitrogens with zero attached hydrogens (tertiary/aromatic N) is 5. The van der Waals surface area contributed by atoms with Gasteiger partial charge in [0.25, 0.3) is 0 Å². The van der Waals surface area contributed by atoms with Crippen molar-refractivity contribution in [3.05, 3.63) is 64.0 Å². The van der Waals surface area contributed by atoms with Gasteiger partial charge in [0.1, 0.15) is 33.9 Å². The molecule has 3 aromatic heterocycles. The molecular weight excluding hydrogens is 471 g/mol. The van der Waals surface area contributed by atoms with E-state index in [1.807, 2.05) is 11.9 Å². The molecule has 0 radical (unpaired) electrons. The van der Waals surface area contributed by atoms with Crippen molar-refractivity contribution < 1.29 is 4.39 Å². The fraction of sp³-hybridized carbons (Fsp3) is 0.393. The van der Waals surface area contributed by atoms with Gasteiger partial charge < -0.3 is 10.2 Å². The van der Waals surface area contributed by atoms with E-state index in [2.05, 4.69) is 55.7 Å². The van der Waals surface area contributed by atoms with E-state index in [4.69, 9.17) is 9.97 Å². The highest BCUT2D eigenvalue weighted by Crippen LogP contribution is 2.39. The van der Waals surface area contributed by atoms with E-state index < -0.39 is 0 Å². The summed E-state index contributed by atoms with van der Waals surface area (Å²) in [6.45, 7) is 9.78. The lowest BCUT2D eigenvalue weighted by Gasteiger charge is -2.37. The van der Waals surface area contributed by atoms with Crippen molar-refractivity contribution >= 4 is 27.9 Å². The molecule has 0 spiro atoms. The van der Waals surface area contributed by atoms with Crippen LogP contribution in [0, 0.1) is 24.1 Å². The number of hydrogen-bond donors (Lipinski definition) is 1. The Hall–Kier alpha value is -3.28. The van der Waals surface area contributed by atoms with Crippen LogP contribution >= 0.6 is 11.3 Å². The molecule has 4 aromatic rings. The summed E-state index contributed by atoms with van der Waals surface area (Å²) in [4.78, 5) is 12.3. The number of fused-ring (bicyclic) bond motifs is 1. The molecule has 1 aliphatic rings. The molecule has 1 fully saturated rings. The van der Waals surface area contributed by atoms with Crippen LogP contribution in [0.4, 0.5) is 15.3 Å². The fourth-order valence-electron chi connectivity index (χ4n) is 5.27. The Labute approximate surface area is 215 Å². The molecule has 0 saturated carbocycles. The van der Waals surface area contributed by atoms with Crippen molar-refractivity contribution in [2.45, 2.75) is 58.4 Å². The van der Waals surface area contributed by atoms with Gasteiger partial charge in [0.2, 0.25) is 0 Å². The Morgan fingerprint density at radius 1 is 1.28 bits per heavy atom. The van der Waals surface area contributed by atoms with Gasteiger partial charge in [0.05, 0.1) is 5.69 Å². The Morgan fingerprint density at radius 3 is 2.69 bits per heavy atom. The normalized spacial score (nSPS) is 17.3. The Bertz CT molecular complexity index is 1460. The summed E-state index contributed by atoms with van der Waals surface area (Å²) < 4.78 is 15.7. The number of piperidine rings is 1. The van der Waals surface area contributed by atoms with Crippen LogP contribution < -0.4 is 10.2 Å². The standard InChI is InChI=1S/C28H31FN6S/c1-6-22-26(34(5)27-33-24(23(15-30)36-27)18-7-9-21(29)10-8-18)35-16-20(13-17(2)25(35)32-22)19-11-12-31-28(3,4)14-19/h7-10,13,16,19,31H,6,11-12,14H2,1-5H3. The SMILES string of the molecule is CCc1nc2c(C)cc(C3CCNC(C)(C)C3)cn2c1N(C)c1nc(-c2ccc(F)cc2)c(C#N)s1. The molecule has 6 nitrogen and oxygen atoms in total. The molecule has 1 N–H and O–H groups in total. The Morgan fingerprint density at radius 2 is 2.03 bits per heavy atom. The highest BCUT2D eigenvalue weighted by molar-refractivity contribution is 7.16. The molecule has 1 unspecified atom stereocenters. The molecule has 5 rings (SSSR count). The Balaban J connectivity index is 1.60. The second-order valence-corrected chi connectivity index (χ2v) is 11.2. The first-order chi connectivity index (χ1) is 17.2. The smallest absolute Gasteiger partial charge is 0.192 e. The van der Waals surface area contributed by atoms with Crippen molar-refractivity contribution in [1.29, 1.82) is 5.26 Å². The van der Waals surface area contributed by atoms with Crippen LogP contribution in [0.15, 0.2) is 36.5 Å². The van der Waals surface area contributed by atoms with E-state index in [0.717, 1.165) is 54.1 Å². The third-order valence-electron chi connectivity index (χ3n) is 7.07. The minimum absolute atomic E-state index is 0.111. The monoisotopic (exact) mass is 502 g/mol. The van der Waals surface area contributed by atoms with Gasteiger partial charge in [-0.05, 0) is 87.9 Å². The molecular formula is C28H31FN6S. The number of hydrogen-bond acceptors (Lipinski definition) is 6. The molecule has 0 amide bonds. The topological polar surface area (TPSA) is 69.2 Å². The molecule has 1 aliphatic heterocycles. The predicted molar refractivity (Wildman–Crippen MR) is 144 cm³/mol. The van der Waals surface area contributed by atoms with Crippen molar-refractivity contribution in [3.63, 3.8) is 0 Å². The number of pyridine rings is 1. The molecule has 0 bridgehead atoms. The van der Waals surface area contributed by atoms with Gasteiger partial charge in [-0.15, -0.1) is 0 Å². The lowest BCUT2D eigenvalue weighted by Crippen LogP contribution is -2.45. The minimum Gasteiger partial charge on any atom is -0.312 e. The van der Waals surface area contributed by atoms with E-state index in [-0.39, 0.29) is 11.4 Å². The summed E-state index contributed by atoms with van der Waals surface area (Å²) in [5.41, 5.74) is 5.83. The zero-order valence-electron chi connectivity index (χ0n) is 21.4. The molecule has 1 atom stereocenters. The van der Waals surface area contributed by atoms with Gasteiger partial charge in [0.15, 0.2) is 5.13 Å². The largest absolute Gasteiger partial charge is 0.312 e. The maximum atomic E-state index is 13.5. The summed E-state index contributed by atoms with van der Waals surface area (Å²) in [7, 11) is 1.98. The molecule has 1 saturated heterocycles. The van der Waals surface area contributed by atoms with Gasteiger partial charge in [-0.25, -0.2) is 14.4 Å². The number of aryl methyl sites for hydroxylation is 2. The van der Waals surface area contributed by atoms with Gasteiger partial charge in [0, 0.05) is 24.3 Å². The average Bonchev–Trinajstić information content (AvgIpc) is 3.45. The molecule has 0 aliphatic carbocycles. The first kappa shape index (κ1) is 24.4. The second kappa shape index (κ2) is 9.30. The number of imidazole rings is 1. The number of nitrogens with one attached hydrogen (secondary N) is 1. The fourth-order valence-corrected chi connectivity index (χ4v) is 6.12. The highest BCUT2D eigenvalue weighted by atomic mass is 32.1. The molecule has 8 heteroatoms. The number of benzene rings is 1. The Kier molecular flexibility index (Phi) is 6.31. The van der Waals surface area contributed by atoms with Gasteiger partial charge in [-0.2, -0.15) is 5.26 Å². The van der Waals surface area contributed by atoms with Crippen LogP contribution in [0.2, 0.25) is 0 Å². The zero-order valence-corrected chi connectivity index (χ0v) is 22.2. The van der Waals surface area contributed by atoms with E-state index in [1.165, 1.54) is 29.0 Å². The number of rotatable bonds is 5. The van der Waals surface area contributed by atoms with E-state index in [1.54, 1.807) is 12.1 Å². The number of nitriles is 1. The average molecular weight is 503 g/mol. The number of halogens is 1. The predicted octanol–water partition coefficient (Wildman–Crippen LogP) is 6.35. The lowest BCUT2D eigenvalue weighted by atomic mass is 9.81. The first-order valence-electron chi connectivity index (χ1n) is 12.4. The lowest BCUT2D eigenvalue weighted by molar-refractivity contribution is 0.275. The maximum absolute atomic E-state index is 13.5. The minimum atomic E-state index is -0.313. The summed E-state index contributed by atoms with van der Waals surface area (Å²) >= 11 is 1.34. The van der Waals surface area contributed by atoms with Crippen molar-refractivity contribution in [2.75, 3.05) is 18.5 Å². The van der Waals surface area contributed by atoms with Crippen LogP contribution in [-0.4, -0.2) is 33.5 Å². The first-order valence-corrected chi connectivity index (χ1v) is 13.2. The molecule has 1 aromatic carbocycles. The van der Waals surface area contributed by atoms with Gasteiger partial charge in [-0.3, -0.25) is 4.40 Å². The van der Waals surface area contributed by atoms with Crippen molar-refractivity contribution in [3.8, 4) is 17.3 Å². The zero-order chi connectivity index (χ0) is 25.6. The van der Waals surface area contributed by atoms with Crippen LogP contribution in [0.3, 0.4) is 0 Å². The van der Waals surface area contributed by atoms with Crippen LogP contribution in [0.25, 0.3) is 16.9 Å². The summed E-state index contributed by atoms with van der Waals surface area (Å²) in [6, 6.07) is 10.7. The number of aromatic nitrogens is 3. The van der Waals surface area contributed by atoms with E-state index in [0.29, 0.717) is 21.6 Å². The number of thiazole rings is 1. The summed E-state index contributed by atoms with van der Waals surface area (Å²) in [6.07, 6.45) is 5.20. The molecule has 36 heavy (non-hydrogen) atoms. The number of anilines is 2. The van der Waals surface area contributed by atoms with Crippen molar-refractivity contribution in [1.82, 2.24) is 19.7 Å². The van der Waals surface area contributed by atoms with Gasteiger partial charge >= 0.3 is 0 Å². The second-order valence-electron chi connectivity index (χ2n) is 10.2. The summed E-state index contributed by atoms with van der Waals surface area (Å²) in [5.74, 6) is 1.13. The van der Waals surface area contributed by atoms with Crippen molar-refractivity contribution in [2.24, 2.45) is 0 Å². The molecule has 186 valence electrons. The van der Waals surface area contributed by atoms with E-state index in [9.17, 15) is 9.65 Å². The third kappa shape index (κ3) is 4.38.